The lowest BCUT2D eigenvalue weighted by Crippen LogP contribution is -2.38. The first-order chi connectivity index (χ1) is 11.3. The number of rotatable bonds is 9. The van der Waals surface area contributed by atoms with Crippen molar-refractivity contribution in [2.24, 2.45) is 4.99 Å². The summed E-state index contributed by atoms with van der Waals surface area (Å²) in [6.07, 6.45) is -2.76. The van der Waals surface area contributed by atoms with Crippen molar-refractivity contribution >= 4 is 41.3 Å². The van der Waals surface area contributed by atoms with E-state index in [2.05, 4.69) is 20.6 Å². The Labute approximate surface area is 168 Å². The molecular weight excluding hydrogens is 466 g/mol. The van der Waals surface area contributed by atoms with Gasteiger partial charge in [-0.05, 0) is 33.9 Å². The predicted molar refractivity (Wildman–Crippen MR) is 108 cm³/mol. The van der Waals surface area contributed by atoms with E-state index in [-0.39, 0.29) is 24.0 Å². The van der Waals surface area contributed by atoms with Crippen molar-refractivity contribution in [2.75, 3.05) is 39.8 Å². The van der Waals surface area contributed by atoms with E-state index in [0.29, 0.717) is 32.0 Å². The molecular formula is C15H27F3IN5S. The third kappa shape index (κ3) is 12.4. The average molecular weight is 493 g/mol. The second kappa shape index (κ2) is 12.7. The number of hydrogen-bond acceptors (Lipinski definition) is 4. The van der Waals surface area contributed by atoms with Crippen LogP contribution in [0.3, 0.4) is 0 Å². The summed E-state index contributed by atoms with van der Waals surface area (Å²) < 4.78 is 36.7. The largest absolute Gasteiger partial charge is 0.401 e. The normalized spacial score (nSPS) is 12.2. The fraction of sp³-hybridized carbons (Fsp3) is 0.733. The molecule has 0 fully saturated rings. The Hall–Kier alpha value is -0.620. The Kier molecular flexibility index (Phi) is 12.4. The number of alkyl halides is 3. The summed E-state index contributed by atoms with van der Waals surface area (Å²) in [7, 11) is 1.47. The summed E-state index contributed by atoms with van der Waals surface area (Å²) in [6.45, 7) is 5.34. The molecule has 1 aromatic rings. The minimum atomic E-state index is -4.15. The van der Waals surface area contributed by atoms with Crippen molar-refractivity contribution < 1.29 is 13.2 Å². The van der Waals surface area contributed by atoms with Gasteiger partial charge in [-0.25, -0.2) is 4.98 Å². The highest BCUT2D eigenvalue weighted by atomic mass is 127. The summed E-state index contributed by atoms with van der Waals surface area (Å²) >= 11 is 1.63. The van der Waals surface area contributed by atoms with Gasteiger partial charge in [0, 0.05) is 31.4 Å². The molecule has 1 rings (SSSR count). The molecule has 0 aliphatic rings. The van der Waals surface area contributed by atoms with Crippen LogP contribution in [0, 0.1) is 6.92 Å². The second-order valence-corrected chi connectivity index (χ2v) is 6.56. The molecule has 5 nitrogen and oxygen atoms in total. The van der Waals surface area contributed by atoms with Crippen molar-refractivity contribution in [1.29, 1.82) is 0 Å². The molecule has 0 unspecified atom stereocenters. The van der Waals surface area contributed by atoms with Crippen LogP contribution in [-0.2, 0) is 6.42 Å². The summed E-state index contributed by atoms with van der Waals surface area (Å²) in [5.41, 5.74) is 1.05. The number of thiazole rings is 1. The number of nitrogens with zero attached hydrogens (tertiary/aromatic N) is 3. The Morgan fingerprint density at radius 2 is 2.08 bits per heavy atom. The standard InChI is InChI=1S/C15H26F3N5S.HI/c1-4-19-14(21-8-6-13-10-24-12(2)22-13)20-7-5-9-23(3)11-15(16,17)18;/h10H,4-9,11H2,1-3H3,(H2,19,20,21);1H. The zero-order chi connectivity index (χ0) is 18.0. The summed E-state index contributed by atoms with van der Waals surface area (Å²) in [5, 5.41) is 9.43. The summed E-state index contributed by atoms with van der Waals surface area (Å²) in [6, 6.07) is 0. The molecule has 25 heavy (non-hydrogen) atoms. The summed E-state index contributed by atoms with van der Waals surface area (Å²) in [5.74, 6) is 0.683. The molecule has 2 N–H and O–H groups in total. The van der Waals surface area contributed by atoms with E-state index < -0.39 is 12.7 Å². The van der Waals surface area contributed by atoms with Crippen LogP contribution in [0.2, 0.25) is 0 Å². The minimum absolute atomic E-state index is 0. The van der Waals surface area contributed by atoms with E-state index >= 15 is 0 Å². The van der Waals surface area contributed by atoms with Crippen molar-refractivity contribution in [1.82, 2.24) is 20.5 Å². The highest BCUT2D eigenvalue weighted by molar-refractivity contribution is 14.0. The lowest BCUT2D eigenvalue weighted by atomic mass is 10.3. The van der Waals surface area contributed by atoms with Crippen LogP contribution in [-0.4, -0.2) is 61.8 Å². The maximum atomic E-state index is 12.2. The van der Waals surface area contributed by atoms with Gasteiger partial charge in [-0.3, -0.25) is 9.89 Å². The molecule has 1 aromatic heterocycles. The molecule has 0 bridgehead atoms. The van der Waals surface area contributed by atoms with Gasteiger partial charge in [0.25, 0.3) is 0 Å². The van der Waals surface area contributed by atoms with E-state index in [4.69, 9.17) is 0 Å². The molecule has 0 aromatic carbocycles. The Morgan fingerprint density at radius 3 is 2.64 bits per heavy atom. The van der Waals surface area contributed by atoms with Crippen LogP contribution in [0.15, 0.2) is 10.4 Å². The first-order valence-electron chi connectivity index (χ1n) is 7.98. The molecule has 0 aliphatic carbocycles. The maximum Gasteiger partial charge on any atom is 0.401 e. The van der Waals surface area contributed by atoms with E-state index in [9.17, 15) is 13.2 Å². The Bertz CT molecular complexity index is 508. The number of guanidine groups is 1. The molecule has 0 amide bonds. The van der Waals surface area contributed by atoms with Gasteiger partial charge in [0.1, 0.15) is 0 Å². The minimum Gasteiger partial charge on any atom is -0.357 e. The first kappa shape index (κ1) is 24.4. The Morgan fingerprint density at radius 1 is 1.36 bits per heavy atom. The smallest absolute Gasteiger partial charge is 0.357 e. The maximum absolute atomic E-state index is 12.2. The lowest BCUT2D eigenvalue weighted by molar-refractivity contribution is -0.143. The third-order valence-electron chi connectivity index (χ3n) is 3.10. The van der Waals surface area contributed by atoms with Crippen LogP contribution in [0.25, 0.3) is 0 Å². The second-order valence-electron chi connectivity index (χ2n) is 5.50. The molecule has 1 heterocycles. The topological polar surface area (TPSA) is 52.6 Å². The number of hydrogen-bond donors (Lipinski definition) is 2. The Balaban J connectivity index is 0.00000576. The van der Waals surface area contributed by atoms with E-state index in [0.717, 1.165) is 23.7 Å². The van der Waals surface area contributed by atoms with Gasteiger partial charge in [0.2, 0.25) is 0 Å². The average Bonchev–Trinajstić information content (AvgIpc) is 2.87. The fourth-order valence-corrected chi connectivity index (χ4v) is 2.74. The quantitative estimate of drug-likeness (QED) is 0.241. The van der Waals surface area contributed by atoms with E-state index in [1.165, 1.54) is 11.9 Å². The number of aliphatic imine (C=N–C) groups is 1. The molecule has 0 saturated carbocycles. The van der Waals surface area contributed by atoms with Crippen molar-refractivity contribution in [3.8, 4) is 0 Å². The van der Waals surface area contributed by atoms with Gasteiger partial charge in [-0.15, -0.1) is 35.3 Å². The van der Waals surface area contributed by atoms with Crippen molar-refractivity contribution in [2.45, 2.75) is 32.9 Å². The number of aryl methyl sites for hydroxylation is 1. The van der Waals surface area contributed by atoms with E-state index in [1.54, 1.807) is 11.3 Å². The van der Waals surface area contributed by atoms with Crippen LogP contribution >= 0.6 is 35.3 Å². The number of nitrogens with one attached hydrogen (secondary N) is 2. The van der Waals surface area contributed by atoms with Crippen LogP contribution < -0.4 is 10.6 Å². The third-order valence-corrected chi connectivity index (χ3v) is 3.92. The first-order valence-corrected chi connectivity index (χ1v) is 8.86. The molecule has 0 atom stereocenters. The zero-order valence-corrected chi connectivity index (χ0v) is 18.0. The van der Waals surface area contributed by atoms with Crippen LogP contribution in [0.4, 0.5) is 13.2 Å². The predicted octanol–water partition coefficient (Wildman–Crippen LogP) is 3.05. The van der Waals surface area contributed by atoms with Gasteiger partial charge in [-0.2, -0.15) is 13.2 Å². The van der Waals surface area contributed by atoms with Gasteiger partial charge < -0.3 is 10.6 Å². The van der Waals surface area contributed by atoms with Crippen molar-refractivity contribution in [3.63, 3.8) is 0 Å². The molecule has 10 heteroatoms. The van der Waals surface area contributed by atoms with Gasteiger partial charge >= 0.3 is 6.18 Å². The number of halogens is 4. The summed E-state index contributed by atoms with van der Waals surface area (Å²) in [4.78, 5) is 10.0. The molecule has 0 saturated heterocycles. The highest BCUT2D eigenvalue weighted by Crippen LogP contribution is 2.15. The van der Waals surface area contributed by atoms with Crippen LogP contribution in [0.5, 0.6) is 0 Å². The van der Waals surface area contributed by atoms with Gasteiger partial charge in [0.15, 0.2) is 5.96 Å². The van der Waals surface area contributed by atoms with Gasteiger partial charge in [-0.1, -0.05) is 0 Å². The van der Waals surface area contributed by atoms with Gasteiger partial charge in [0.05, 0.1) is 17.2 Å². The zero-order valence-electron chi connectivity index (χ0n) is 14.8. The van der Waals surface area contributed by atoms with Crippen molar-refractivity contribution in [3.05, 3.63) is 16.1 Å². The fourth-order valence-electron chi connectivity index (χ4n) is 2.09. The van der Waals surface area contributed by atoms with Crippen LogP contribution in [0.1, 0.15) is 24.0 Å². The molecule has 0 aliphatic heterocycles. The monoisotopic (exact) mass is 493 g/mol. The molecule has 0 spiro atoms. The van der Waals surface area contributed by atoms with E-state index in [1.807, 2.05) is 19.2 Å². The number of aromatic nitrogens is 1. The SMILES string of the molecule is CCNC(=NCCCN(C)CC(F)(F)F)NCCc1csc(C)n1.I. The molecule has 146 valence electrons. The molecule has 0 radical (unpaired) electrons. The lowest BCUT2D eigenvalue weighted by Gasteiger charge is -2.18. The highest BCUT2D eigenvalue weighted by Gasteiger charge is 2.28.